The summed E-state index contributed by atoms with van der Waals surface area (Å²) in [5.74, 6) is 1.65. The van der Waals surface area contributed by atoms with Gasteiger partial charge >= 0.3 is 0 Å². The first-order valence-electron chi connectivity index (χ1n) is 6.36. The minimum atomic E-state index is -0.0810. The molecule has 1 aliphatic carbocycles. The van der Waals surface area contributed by atoms with Gasteiger partial charge in [-0.15, -0.1) is 0 Å². The minimum Gasteiger partial charge on any atom is -0.393 e. The molecule has 1 aromatic rings. The number of hydrogen-bond donors (Lipinski definition) is 1. The molecule has 2 rings (SSSR count). The Hall–Kier alpha value is -0.900. The van der Waals surface area contributed by atoms with Gasteiger partial charge in [0, 0.05) is 13.0 Å². The molecule has 4 heteroatoms. The predicted molar refractivity (Wildman–Crippen MR) is 62.0 cm³/mol. The minimum absolute atomic E-state index is 0.0810. The Morgan fingerprint density at radius 2 is 2.38 bits per heavy atom. The highest BCUT2D eigenvalue weighted by Crippen LogP contribution is 2.34. The van der Waals surface area contributed by atoms with E-state index >= 15 is 0 Å². The fourth-order valence-electron chi connectivity index (χ4n) is 2.07. The first kappa shape index (κ1) is 11.6. The first-order valence-corrected chi connectivity index (χ1v) is 6.36. The molecule has 16 heavy (non-hydrogen) atoms. The Morgan fingerprint density at radius 3 is 3.06 bits per heavy atom. The molecule has 0 aliphatic heterocycles. The second-order valence-electron chi connectivity index (χ2n) is 4.70. The zero-order chi connectivity index (χ0) is 11.4. The maximum Gasteiger partial charge on any atom is 0.138 e. The molecule has 0 amide bonds. The van der Waals surface area contributed by atoms with Gasteiger partial charge in [-0.05, 0) is 38.0 Å². The zero-order valence-electron chi connectivity index (χ0n) is 9.97. The van der Waals surface area contributed by atoms with Crippen LogP contribution in [-0.4, -0.2) is 26.0 Å². The van der Waals surface area contributed by atoms with Crippen molar-refractivity contribution in [2.45, 2.75) is 58.1 Å². The summed E-state index contributed by atoms with van der Waals surface area (Å²) in [6, 6.07) is 0. The molecule has 0 saturated heterocycles. The van der Waals surface area contributed by atoms with Crippen LogP contribution in [0.2, 0.25) is 0 Å². The lowest BCUT2D eigenvalue weighted by molar-refractivity contribution is 0.139. The third kappa shape index (κ3) is 3.04. The van der Waals surface area contributed by atoms with Gasteiger partial charge in [-0.25, -0.2) is 4.98 Å². The molecule has 0 radical (unpaired) electrons. The van der Waals surface area contributed by atoms with Gasteiger partial charge in [0.2, 0.25) is 0 Å². The smallest absolute Gasteiger partial charge is 0.138 e. The highest BCUT2D eigenvalue weighted by atomic mass is 16.3. The zero-order valence-corrected chi connectivity index (χ0v) is 9.97. The first-order chi connectivity index (χ1) is 7.81. The third-order valence-electron chi connectivity index (χ3n) is 3.20. The average Bonchev–Trinajstić information content (AvgIpc) is 3.03. The largest absolute Gasteiger partial charge is 0.393 e. The summed E-state index contributed by atoms with van der Waals surface area (Å²) in [6.45, 7) is 3.09. The fourth-order valence-corrected chi connectivity index (χ4v) is 2.07. The summed E-state index contributed by atoms with van der Waals surface area (Å²) < 4.78 is 1.98. The van der Waals surface area contributed by atoms with Gasteiger partial charge in [0.05, 0.1) is 6.10 Å². The molecular weight excluding hydrogens is 202 g/mol. The number of aryl methyl sites for hydroxylation is 2. The standard InChI is InChI=1S/C12H21N3O/c1-2-8-15-12(13-9-14-15)5-3-4-11(16)10-6-7-10/h9-11,16H,2-8H2,1H3. The lowest BCUT2D eigenvalue weighted by Gasteiger charge is -2.08. The third-order valence-corrected chi connectivity index (χ3v) is 3.20. The summed E-state index contributed by atoms with van der Waals surface area (Å²) in [7, 11) is 0. The normalized spacial score (nSPS) is 17.6. The number of nitrogens with zero attached hydrogens (tertiary/aromatic N) is 3. The second kappa shape index (κ2) is 5.43. The van der Waals surface area contributed by atoms with Crippen molar-refractivity contribution < 1.29 is 5.11 Å². The van der Waals surface area contributed by atoms with Crippen molar-refractivity contribution in [3.63, 3.8) is 0 Å². The van der Waals surface area contributed by atoms with Crippen LogP contribution >= 0.6 is 0 Å². The van der Waals surface area contributed by atoms with Crippen LogP contribution in [0, 0.1) is 5.92 Å². The fraction of sp³-hybridized carbons (Fsp3) is 0.833. The molecule has 90 valence electrons. The van der Waals surface area contributed by atoms with Crippen molar-refractivity contribution in [2.24, 2.45) is 5.92 Å². The van der Waals surface area contributed by atoms with Gasteiger partial charge in [-0.2, -0.15) is 5.10 Å². The number of aliphatic hydroxyl groups excluding tert-OH is 1. The van der Waals surface area contributed by atoms with Gasteiger partial charge < -0.3 is 5.11 Å². The van der Waals surface area contributed by atoms with E-state index in [0.717, 1.165) is 38.1 Å². The Kier molecular flexibility index (Phi) is 3.93. The van der Waals surface area contributed by atoms with Crippen molar-refractivity contribution in [3.8, 4) is 0 Å². The van der Waals surface area contributed by atoms with Crippen LogP contribution in [0.5, 0.6) is 0 Å². The van der Waals surface area contributed by atoms with Gasteiger partial charge in [-0.3, -0.25) is 4.68 Å². The van der Waals surface area contributed by atoms with E-state index in [1.807, 2.05) is 4.68 Å². The Labute approximate surface area is 96.7 Å². The number of hydrogen-bond acceptors (Lipinski definition) is 3. The molecule has 1 aromatic heterocycles. The highest BCUT2D eigenvalue weighted by Gasteiger charge is 2.28. The molecule has 1 aliphatic rings. The van der Waals surface area contributed by atoms with E-state index in [0.29, 0.717) is 5.92 Å². The van der Waals surface area contributed by atoms with Crippen LogP contribution in [0.1, 0.15) is 44.9 Å². The lowest BCUT2D eigenvalue weighted by atomic mass is 10.1. The molecule has 1 heterocycles. The number of rotatable bonds is 7. The van der Waals surface area contributed by atoms with E-state index in [4.69, 9.17) is 0 Å². The SMILES string of the molecule is CCCn1ncnc1CCCC(O)C1CC1. The molecule has 0 bridgehead atoms. The van der Waals surface area contributed by atoms with Crippen molar-refractivity contribution in [1.82, 2.24) is 14.8 Å². The van der Waals surface area contributed by atoms with Crippen molar-refractivity contribution in [1.29, 1.82) is 0 Å². The quantitative estimate of drug-likeness (QED) is 0.766. The van der Waals surface area contributed by atoms with Gasteiger partial charge in [0.1, 0.15) is 12.2 Å². The van der Waals surface area contributed by atoms with Crippen LogP contribution in [0.15, 0.2) is 6.33 Å². The van der Waals surface area contributed by atoms with E-state index in [1.54, 1.807) is 6.33 Å². The van der Waals surface area contributed by atoms with Crippen molar-refractivity contribution in [3.05, 3.63) is 12.2 Å². The molecule has 0 spiro atoms. The Bertz CT molecular complexity index is 320. The van der Waals surface area contributed by atoms with Gasteiger partial charge in [0.25, 0.3) is 0 Å². The van der Waals surface area contributed by atoms with Gasteiger partial charge in [0.15, 0.2) is 0 Å². The van der Waals surface area contributed by atoms with Crippen LogP contribution in [0.4, 0.5) is 0 Å². The van der Waals surface area contributed by atoms with E-state index in [-0.39, 0.29) is 6.10 Å². The summed E-state index contributed by atoms with van der Waals surface area (Å²) in [5, 5.41) is 13.9. The number of aliphatic hydroxyl groups is 1. The van der Waals surface area contributed by atoms with Crippen LogP contribution in [0.3, 0.4) is 0 Å². The average molecular weight is 223 g/mol. The second-order valence-corrected chi connectivity index (χ2v) is 4.70. The molecule has 1 unspecified atom stereocenters. The predicted octanol–water partition coefficient (Wildman–Crippen LogP) is 1.78. The van der Waals surface area contributed by atoms with Crippen molar-refractivity contribution >= 4 is 0 Å². The van der Waals surface area contributed by atoms with E-state index in [1.165, 1.54) is 12.8 Å². The molecule has 1 saturated carbocycles. The van der Waals surface area contributed by atoms with E-state index in [2.05, 4.69) is 17.0 Å². The molecule has 1 N–H and O–H groups in total. The Morgan fingerprint density at radius 1 is 1.56 bits per heavy atom. The maximum absolute atomic E-state index is 9.75. The van der Waals surface area contributed by atoms with Crippen molar-refractivity contribution in [2.75, 3.05) is 0 Å². The highest BCUT2D eigenvalue weighted by molar-refractivity contribution is 4.86. The molecule has 4 nitrogen and oxygen atoms in total. The monoisotopic (exact) mass is 223 g/mol. The van der Waals surface area contributed by atoms with Crippen LogP contribution in [0.25, 0.3) is 0 Å². The lowest BCUT2D eigenvalue weighted by Crippen LogP contribution is -2.11. The van der Waals surface area contributed by atoms with Gasteiger partial charge in [-0.1, -0.05) is 6.92 Å². The van der Waals surface area contributed by atoms with E-state index in [9.17, 15) is 5.11 Å². The molecule has 1 atom stereocenters. The summed E-state index contributed by atoms with van der Waals surface area (Å²) in [6.07, 6.45) is 7.92. The topological polar surface area (TPSA) is 50.9 Å². The number of aromatic nitrogens is 3. The molecular formula is C12H21N3O. The molecule has 0 aromatic carbocycles. The van der Waals surface area contributed by atoms with E-state index < -0.39 is 0 Å². The summed E-state index contributed by atoms with van der Waals surface area (Å²) in [4.78, 5) is 4.26. The summed E-state index contributed by atoms with van der Waals surface area (Å²) >= 11 is 0. The van der Waals surface area contributed by atoms with Crippen LogP contribution in [-0.2, 0) is 13.0 Å². The van der Waals surface area contributed by atoms with Crippen LogP contribution < -0.4 is 0 Å². The summed E-state index contributed by atoms with van der Waals surface area (Å²) in [5.41, 5.74) is 0. The molecule has 1 fully saturated rings. The Balaban J connectivity index is 1.73. The maximum atomic E-state index is 9.75.